The smallest absolute Gasteiger partial charge is 0.137 e. The van der Waals surface area contributed by atoms with Crippen LogP contribution >= 0.6 is 0 Å². The van der Waals surface area contributed by atoms with Crippen LogP contribution in [0.2, 0.25) is 0 Å². The van der Waals surface area contributed by atoms with Crippen molar-refractivity contribution in [2.75, 3.05) is 13.7 Å². The Labute approximate surface area is 119 Å². The van der Waals surface area contributed by atoms with Gasteiger partial charge in [-0.3, -0.25) is 4.98 Å². The van der Waals surface area contributed by atoms with Crippen molar-refractivity contribution in [2.24, 2.45) is 5.73 Å². The number of hydrogen-bond donors (Lipinski definition) is 1. The molecule has 2 N–H and O–H groups in total. The first-order valence-corrected chi connectivity index (χ1v) is 6.63. The van der Waals surface area contributed by atoms with Crippen LogP contribution in [0.15, 0.2) is 36.7 Å². The minimum atomic E-state index is -0.293. The summed E-state index contributed by atoms with van der Waals surface area (Å²) in [6.07, 6.45) is 3.44. The van der Waals surface area contributed by atoms with E-state index in [-0.39, 0.29) is 6.04 Å². The van der Waals surface area contributed by atoms with Crippen LogP contribution in [-0.4, -0.2) is 18.7 Å². The predicted octanol–water partition coefficient (Wildman–Crippen LogP) is 2.85. The highest BCUT2D eigenvalue weighted by molar-refractivity contribution is 5.44. The van der Waals surface area contributed by atoms with Crippen molar-refractivity contribution in [1.29, 1.82) is 0 Å². The highest BCUT2D eigenvalue weighted by Gasteiger charge is 2.15. The fraction of sp³-hybridized carbons (Fsp3) is 0.312. The van der Waals surface area contributed by atoms with E-state index in [9.17, 15) is 0 Å². The maximum absolute atomic E-state index is 6.33. The lowest BCUT2D eigenvalue weighted by molar-refractivity contribution is 0.338. The Morgan fingerprint density at radius 1 is 1.25 bits per heavy atom. The molecule has 2 aromatic rings. The summed E-state index contributed by atoms with van der Waals surface area (Å²) in [5.74, 6) is 1.52. The Hall–Kier alpha value is -2.07. The summed E-state index contributed by atoms with van der Waals surface area (Å²) < 4.78 is 10.9. The molecule has 1 heterocycles. The van der Waals surface area contributed by atoms with Crippen molar-refractivity contribution >= 4 is 0 Å². The fourth-order valence-corrected chi connectivity index (χ4v) is 2.11. The highest BCUT2D eigenvalue weighted by atomic mass is 16.5. The Bertz CT molecular complexity index is 584. The van der Waals surface area contributed by atoms with Crippen molar-refractivity contribution in [3.63, 3.8) is 0 Å². The molecule has 20 heavy (non-hydrogen) atoms. The molecular formula is C16H20N2O2. The Balaban J connectivity index is 2.35. The quantitative estimate of drug-likeness (QED) is 0.909. The second kappa shape index (κ2) is 6.39. The third kappa shape index (κ3) is 3.08. The molecule has 1 aromatic heterocycles. The van der Waals surface area contributed by atoms with Crippen LogP contribution in [-0.2, 0) is 0 Å². The van der Waals surface area contributed by atoms with Gasteiger partial charge in [-0.05, 0) is 37.1 Å². The minimum absolute atomic E-state index is 0.293. The number of ether oxygens (including phenoxy) is 2. The van der Waals surface area contributed by atoms with Gasteiger partial charge in [-0.2, -0.15) is 0 Å². The molecule has 0 bridgehead atoms. The summed E-state index contributed by atoms with van der Waals surface area (Å²) in [4.78, 5) is 4.18. The average Bonchev–Trinajstić information content (AvgIpc) is 2.47. The first-order chi connectivity index (χ1) is 9.65. The van der Waals surface area contributed by atoms with Gasteiger partial charge in [0.15, 0.2) is 0 Å². The molecule has 0 amide bonds. The summed E-state index contributed by atoms with van der Waals surface area (Å²) in [5, 5.41) is 0. The van der Waals surface area contributed by atoms with Crippen molar-refractivity contribution in [1.82, 2.24) is 4.98 Å². The van der Waals surface area contributed by atoms with E-state index < -0.39 is 0 Å². The number of benzene rings is 1. The molecule has 4 nitrogen and oxygen atoms in total. The van der Waals surface area contributed by atoms with Crippen LogP contribution in [0.3, 0.4) is 0 Å². The maximum atomic E-state index is 6.33. The molecule has 1 unspecified atom stereocenters. The zero-order valence-electron chi connectivity index (χ0n) is 12.1. The van der Waals surface area contributed by atoms with Gasteiger partial charge in [-0.25, -0.2) is 0 Å². The molecule has 0 fully saturated rings. The molecule has 0 aliphatic rings. The van der Waals surface area contributed by atoms with Gasteiger partial charge in [0.25, 0.3) is 0 Å². The molecule has 0 aliphatic heterocycles. The van der Waals surface area contributed by atoms with E-state index in [0.717, 1.165) is 28.2 Å². The van der Waals surface area contributed by atoms with Gasteiger partial charge in [-0.15, -0.1) is 0 Å². The second-order valence-corrected chi connectivity index (χ2v) is 4.61. The zero-order chi connectivity index (χ0) is 14.5. The largest absolute Gasteiger partial charge is 0.496 e. The summed E-state index contributed by atoms with van der Waals surface area (Å²) in [5.41, 5.74) is 9.31. The molecular weight excluding hydrogens is 252 g/mol. The summed E-state index contributed by atoms with van der Waals surface area (Å²) in [6, 6.07) is 7.62. The van der Waals surface area contributed by atoms with Crippen LogP contribution in [0.1, 0.15) is 29.7 Å². The summed E-state index contributed by atoms with van der Waals surface area (Å²) in [6.45, 7) is 4.57. The lowest BCUT2D eigenvalue weighted by Gasteiger charge is -2.17. The molecule has 0 spiro atoms. The normalized spacial score (nSPS) is 12.0. The molecule has 0 aliphatic carbocycles. The third-order valence-electron chi connectivity index (χ3n) is 3.13. The number of methoxy groups -OCH3 is 1. The minimum Gasteiger partial charge on any atom is -0.496 e. The van der Waals surface area contributed by atoms with Gasteiger partial charge in [0.2, 0.25) is 0 Å². The van der Waals surface area contributed by atoms with Gasteiger partial charge in [0.1, 0.15) is 11.5 Å². The lowest BCUT2D eigenvalue weighted by Crippen LogP contribution is -2.13. The predicted molar refractivity (Wildman–Crippen MR) is 79.2 cm³/mol. The molecule has 4 heteroatoms. The SMILES string of the molecule is CCOc1cncc(C(N)c2ccc(C)cc2OC)c1. The van der Waals surface area contributed by atoms with E-state index in [1.807, 2.05) is 38.1 Å². The maximum Gasteiger partial charge on any atom is 0.137 e. The third-order valence-corrected chi connectivity index (χ3v) is 3.13. The Morgan fingerprint density at radius 3 is 2.75 bits per heavy atom. The van der Waals surface area contributed by atoms with Crippen molar-refractivity contribution in [3.8, 4) is 11.5 Å². The Kier molecular flexibility index (Phi) is 4.58. The molecule has 2 rings (SSSR count). The second-order valence-electron chi connectivity index (χ2n) is 4.61. The van der Waals surface area contributed by atoms with Crippen LogP contribution in [0.25, 0.3) is 0 Å². The number of nitrogens with zero attached hydrogens (tertiary/aromatic N) is 1. The van der Waals surface area contributed by atoms with Crippen LogP contribution in [0, 0.1) is 6.92 Å². The summed E-state index contributed by atoms with van der Waals surface area (Å²) >= 11 is 0. The molecule has 0 radical (unpaired) electrons. The number of pyridine rings is 1. The van der Waals surface area contributed by atoms with Gasteiger partial charge in [0, 0.05) is 11.8 Å². The number of aromatic nitrogens is 1. The highest BCUT2D eigenvalue weighted by Crippen LogP contribution is 2.30. The van der Waals surface area contributed by atoms with Crippen molar-refractivity contribution in [2.45, 2.75) is 19.9 Å². The topological polar surface area (TPSA) is 57.4 Å². The molecule has 106 valence electrons. The van der Waals surface area contributed by atoms with Crippen LogP contribution in [0.5, 0.6) is 11.5 Å². The number of hydrogen-bond acceptors (Lipinski definition) is 4. The first kappa shape index (κ1) is 14.3. The first-order valence-electron chi connectivity index (χ1n) is 6.63. The van der Waals surface area contributed by atoms with E-state index in [1.54, 1.807) is 19.5 Å². The number of nitrogens with two attached hydrogens (primary N) is 1. The average molecular weight is 272 g/mol. The van der Waals surface area contributed by atoms with E-state index in [0.29, 0.717) is 6.61 Å². The van der Waals surface area contributed by atoms with Gasteiger partial charge in [-0.1, -0.05) is 12.1 Å². The number of rotatable bonds is 5. The van der Waals surface area contributed by atoms with Crippen LogP contribution in [0.4, 0.5) is 0 Å². The van der Waals surface area contributed by atoms with Crippen LogP contribution < -0.4 is 15.2 Å². The van der Waals surface area contributed by atoms with E-state index in [4.69, 9.17) is 15.2 Å². The molecule has 0 saturated heterocycles. The number of aryl methyl sites for hydroxylation is 1. The van der Waals surface area contributed by atoms with E-state index in [2.05, 4.69) is 4.98 Å². The fourth-order valence-electron chi connectivity index (χ4n) is 2.11. The van der Waals surface area contributed by atoms with Gasteiger partial charge in [0.05, 0.1) is 26.0 Å². The molecule has 1 atom stereocenters. The van der Waals surface area contributed by atoms with Crippen molar-refractivity contribution in [3.05, 3.63) is 53.3 Å². The Morgan fingerprint density at radius 2 is 2.05 bits per heavy atom. The molecule has 1 aromatic carbocycles. The van der Waals surface area contributed by atoms with Gasteiger partial charge >= 0.3 is 0 Å². The van der Waals surface area contributed by atoms with E-state index >= 15 is 0 Å². The zero-order valence-corrected chi connectivity index (χ0v) is 12.1. The monoisotopic (exact) mass is 272 g/mol. The van der Waals surface area contributed by atoms with Crippen molar-refractivity contribution < 1.29 is 9.47 Å². The molecule has 0 saturated carbocycles. The lowest BCUT2D eigenvalue weighted by atomic mass is 9.99. The van der Waals surface area contributed by atoms with Gasteiger partial charge < -0.3 is 15.2 Å². The standard InChI is InChI=1S/C16H20N2O2/c1-4-20-13-8-12(9-18-10-13)16(17)14-6-5-11(2)7-15(14)19-3/h5-10,16H,4,17H2,1-3H3. The summed E-state index contributed by atoms with van der Waals surface area (Å²) in [7, 11) is 1.65. The van der Waals surface area contributed by atoms with E-state index in [1.165, 1.54) is 0 Å².